The molecule has 114 valence electrons. The van der Waals surface area contributed by atoms with Crippen molar-refractivity contribution < 1.29 is 0 Å². The van der Waals surface area contributed by atoms with Gasteiger partial charge in [0, 0.05) is 6.04 Å². The van der Waals surface area contributed by atoms with Crippen LogP contribution >= 0.6 is 0 Å². The fourth-order valence-electron chi connectivity index (χ4n) is 2.95. The van der Waals surface area contributed by atoms with Crippen LogP contribution in [0.25, 0.3) is 0 Å². The van der Waals surface area contributed by atoms with Crippen LogP contribution in [0.3, 0.4) is 0 Å². The highest BCUT2D eigenvalue weighted by Crippen LogP contribution is 2.22. The van der Waals surface area contributed by atoms with Gasteiger partial charge in [0.15, 0.2) is 0 Å². The molecule has 0 saturated heterocycles. The van der Waals surface area contributed by atoms with Crippen LogP contribution in [-0.2, 0) is 0 Å². The predicted molar refractivity (Wildman–Crippen MR) is 90.3 cm³/mol. The van der Waals surface area contributed by atoms with E-state index in [0.717, 1.165) is 0 Å². The van der Waals surface area contributed by atoms with Gasteiger partial charge in [0.25, 0.3) is 0 Å². The monoisotopic (exact) mass is 275 g/mol. The third-order valence-corrected chi connectivity index (χ3v) is 4.42. The first kappa shape index (κ1) is 17.2. The van der Waals surface area contributed by atoms with E-state index < -0.39 is 0 Å². The number of benzene rings is 1. The Morgan fingerprint density at radius 2 is 1.50 bits per heavy atom. The number of nitrogens with one attached hydrogen (secondary N) is 1. The lowest BCUT2D eigenvalue weighted by Crippen LogP contribution is -2.30. The van der Waals surface area contributed by atoms with Gasteiger partial charge >= 0.3 is 0 Å². The molecular weight excluding hydrogens is 242 g/mol. The smallest absolute Gasteiger partial charge is 0.0130 e. The molecule has 0 saturated carbocycles. The number of rotatable bonds is 11. The molecule has 0 aromatic heterocycles. The first-order valence-electron chi connectivity index (χ1n) is 8.51. The molecule has 1 aromatic carbocycles. The molecular formula is C19H33N. The highest BCUT2D eigenvalue weighted by atomic mass is 14.9. The Balaban J connectivity index is 2.22. The summed E-state index contributed by atoms with van der Waals surface area (Å²) in [6.07, 6.45) is 11.0. The van der Waals surface area contributed by atoms with E-state index in [1.165, 1.54) is 56.9 Å². The molecule has 0 aliphatic heterocycles. The number of likely N-dealkylation sites (N-methyl/N-ethyl adjacent to an activating group) is 1. The van der Waals surface area contributed by atoms with Crippen LogP contribution in [0.2, 0.25) is 0 Å². The summed E-state index contributed by atoms with van der Waals surface area (Å²) < 4.78 is 0. The Labute approximate surface area is 126 Å². The van der Waals surface area contributed by atoms with E-state index >= 15 is 0 Å². The molecule has 1 aromatic rings. The molecule has 1 nitrogen and oxygen atoms in total. The first-order valence-corrected chi connectivity index (χ1v) is 8.51. The molecule has 0 aliphatic carbocycles. The maximum atomic E-state index is 3.51. The van der Waals surface area contributed by atoms with Gasteiger partial charge in [0.1, 0.15) is 0 Å². The second-order valence-electron chi connectivity index (χ2n) is 6.00. The zero-order chi connectivity index (χ0) is 14.6. The van der Waals surface area contributed by atoms with Gasteiger partial charge in [-0.2, -0.15) is 0 Å². The van der Waals surface area contributed by atoms with Crippen molar-refractivity contribution in [3.05, 3.63) is 35.9 Å². The second-order valence-corrected chi connectivity index (χ2v) is 6.00. The molecule has 0 bridgehead atoms. The van der Waals surface area contributed by atoms with E-state index in [0.29, 0.717) is 12.0 Å². The van der Waals surface area contributed by atoms with Gasteiger partial charge in [-0.1, -0.05) is 89.1 Å². The van der Waals surface area contributed by atoms with Crippen LogP contribution in [0.5, 0.6) is 0 Å². The van der Waals surface area contributed by atoms with E-state index in [1.54, 1.807) is 0 Å². The van der Waals surface area contributed by atoms with Gasteiger partial charge in [-0.15, -0.1) is 0 Å². The lowest BCUT2D eigenvalue weighted by atomic mass is 9.90. The Morgan fingerprint density at radius 3 is 2.10 bits per heavy atom. The number of unbranched alkanes of at least 4 members (excludes halogenated alkanes) is 6. The zero-order valence-corrected chi connectivity index (χ0v) is 13.7. The average Bonchev–Trinajstić information content (AvgIpc) is 2.50. The van der Waals surface area contributed by atoms with E-state index in [4.69, 9.17) is 0 Å². The normalized spacial score (nSPS) is 14.2. The molecule has 1 rings (SSSR count). The molecule has 0 fully saturated rings. The van der Waals surface area contributed by atoms with Crippen LogP contribution in [-0.4, -0.2) is 13.1 Å². The minimum atomic E-state index is 0.598. The Hall–Kier alpha value is -0.820. The van der Waals surface area contributed by atoms with Crippen molar-refractivity contribution in [2.24, 2.45) is 0 Å². The van der Waals surface area contributed by atoms with E-state index in [2.05, 4.69) is 56.5 Å². The average molecular weight is 275 g/mol. The molecule has 0 aliphatic rings. The van der Waals surface area contributed by atoms with Crippen molar-refractivity contribution in [1.82, 2.24) is 5.32 Å². The highest BCUT2D eigenvalue weighted by molar-refractivity contribution is 5.20. The van der Waals surface area contributed by atoms with Gasteiger partial charge in [-0.3, -0.25) is 0 Å². The van der Waals surface area contributed by atoms with Crippen molar-refractivity contribution >= 4 is 0 Å². The Kier molecular flexibility index (Phi) is 9.40. The van der Waals surface area contributed by atoms with Crippen molar-refractivity contribution in [2.45, 2.75) is 77.2 Å². The lowest BCUT2D eigenvalue weighted by Gasteiger charge is -2.24. The number of hydrogen-bond donors (Lipinski definition) is 1. The SMILES string of the molecule is CCCCCCCCCC(NC)C(C)c1ccccc1. The Bertz CT molecular complexity index is 320. The standard InChI is InChI=1S/C19H33N/c1-4-5-6-7-8-9-13-16-19(20-3)17(2)18-14-11-10-12-15-18/h10-12,14-15,17,19-20H,4-9,13,16H2,1-3H3. The largest absolute Gasteiger partial charge is 0.316 e. The molecule has 0 radical (unpaired) electrons. The van der Waals surface area contributed by atoms with Crippen molar-refractivity contribution in [1.29, 1.82) is 0 Å². The second kappa shape index (κ2) is 10.9. The van der Waals surface area contributed by atoms with Gasteiger partial charge in [0.05, 0.1) is 0 Å². The summed E-state index contributed by atoms with van der Waals surface area (Å²) in [7, 11) is 2.10. The summed E-state index contributed by atoms with van der Waals surface area (Å²) in [4.78, 5) is 0. The third kappa shape index (κ3) is 6.56. The van der Waals surface area contributed by atoms with Crippen molar-refractivity contribution in [3.8, 4) is 0 Å². The summed E-state index contributed by atoms with van der Waals surface area (Å²) in [6, 6.07) is 11.5. The van der Waals surface area contributed by atoms with Crippen LogP contribution in [0.4, 0.5) is 0 Å². The fourth-order valence-corrected chi connectivity index (χ4v) is 2.95. The van der Waals surface area contributed by atoms with Gasteiger partial charge in [-0.25, -0.2) is 0 Å². The molecule has 1 heteroatoms. The first-order chi connectivity index (χ1) is 9.79. The Morgan fingerprint density at radius 1 is 0.900 bits per heavy atom. The minimum Gasteiger partial charge on any atom is -0.316 e. The summed E-state index contributed by atoms with van der Waals surface area (Å²) in [5.74, 6) is 0.598. The predicted octanol–water partition coefficient (Wildman–Crippen LogP) is 5.52. The lowest BCUT2D eigenvalue weighted by molar-refractivity contribution is 0.430. The van der Waals surface area contributed by atoms with Crippen LogP contribution in [0.1, 0.15) is 76.7 Å². The highest BCUT2D eigenvalue weighted by Gasteiger charge is 2.16. The summed E-state index contributed by atoms with van der Waals surface area (Å²) in [6.45, 7) is 4.63. The summed E-state index contributed by atoms with van der Waals surface area (Å²) in [5.41, 5.74) is 1.45. The van der Waals surface area contributed by atoms with E-state index in [9.17, 15) is 0 Å². The van der Waals surface area contributed by atoms with Crippen molar-refractivity contribution in [3.63, 3.8) is 0 Å². The maximum absolute atomic E-state index is 3.51. The summed E-state index contributed by atoms with van der Waals surface area (Å²) >= 11 is 0. The van der Waals surface area contributed by atoms with Crippen molar-refractivity contribution in [2.75, 3.05) is 7.05 Å². The van der Waals surface area contributed by atoms with Crippen LogP contribution in [0.15, 0.2) is 30.3 Å². The fraction of sp³-hybridized carbons (Fsp3) is 0.684. The molecule has 0 heterocycles. The quantitative estimate of drug-likeness (QED) is 0.524. The van der Waals surface area contributed by atoms with E-state index in [1.807, 2.05) is 0 Å². The third-order valence-electron chi connectivity index (χ3n) is 4.42. The van der Waals surface area contributed by atoms with Gasteiger partial charge in [0.2, 0.25) is 0 Å². The molecule has 1 N–H and O–H groups in total. The van der Waals surface area contributed by atoms with Crippen LogP contribution in [0, 0.1) is 0 Å². The number of hydrogen-bond acceptors (Lipinski definition) is 1. The zero-order valence-electron chi connectivity index (χ0n) is 13.7. The molecule has 0 spiro atoms. The molecule has 20 heavy (non-hydrogen) atoms. The molecule has 2 atom stereocenters. The molecule has 2 unspecified atom stereocenters. The van der Waals surface area contributed by atoms with Gasteiger partial charge < -0.3 is 5.32 Å². The van der Waals surface area contributed by atoms with E-state index in [-0.39, 0.29) is 0 Å². The van der Waals surface area contributed by atoms with Gasteiger partial charge in [-0.05, 0) is 24.9 Å². The maximum Gasteiger partial charge on any atom is 0.0130 e. The van der Waals surface area contributed by atoms with Crippen LogP contribution < -0.4 is 5.32 Å². The topological polar surface area (TPSA) is 12.0 Å². The summed E-state index contributed by atoms with van der Waals surface area (Å²) in [5, 5.41) is 3.51. The molecule has 0 amide bonds. The minimum absolute atomic E-state index is 0.598.